The Morgan fingerprint density at radius 3 is 2.30 bits per heavy atom. The highest BCUT2D eigenvalue weighted by atomic mass is 16.6. The van der Waals surface area contributed by atoms with Gasteiger partial charge in [-0.2, -0.15) is 5.10 Å². The molecule has 0 bridgehead atoms. The summed E-state index contributed by atoms with van der Waals surface area (Å²) in [5.41, 5.74) is 1.43. The number of anilines is 1. The van der Waals surface area contributed by atoms with Gasteiger partial charge in [-0.25, -0.2) is 9.59 Å². The topological polar surface area (TPSA) is 93.5 Å². The summed E-state index contributed by atoms with van der Waals surface area (Å²) in [5, 5.41) is 15.8. The minimum absolute atomic E-state index is 0.107. The summed E-state index contributed by atoms with van der Waals surface area (Å²) in [6, 6.07) is 8.41. The molecule has 23 heavy (non-hydrogen) atoms. The Kier molecular flexibility index (Phi) is 4.40. The summed E-state index contributed by atoms with van der Waals surface area (Å²) in [5.74, 6) is -1.03. The van der Waals surface area contributed by atoms with Crippen LogP contribution in [0.5, 0.6) is 0 Å². The number of hydrogen-bond acceptors (Lipinski definition) is 4. The number of carboxylic acids is 1. The SMILES string of the molecule is Cn1nc(-c2ccc(NC(=O)OC(C)(C)C)cc2)cc1C(=O)O. The fourth-order valence-corrected chi connectivity index (χ4v) is 1.95. The number of ether oxygens (including phenoxy) is 1. The molecule has 0 aliphatic rings. The Bertz CT molecular complexity index is 727. The van der Waals surface area contributed by atoms with Gasteiger partial charge in [0.15, 0.2) is 0 Å². The lowest BCUT2D eigenvalue weighted by Gasteiger charge is -2.19. The fourth-order valence-electron chi connectivity index (χ4n) is 1.95. The second-order valence-corrected chi connectivity index (χ2v) is 6.05. The minimum atomic E-state index is -1.03. The molecule has 2 N–H and O–H groups in total. The molecule has 0 fully saturated rings. The maximum Gasteiger partial charge on any atom is 0.412 e. The first-order valence-electron chi connectivity index (χ1n) is 7.03. The lowest BCUT2D eigenvalue weighted by molar-refractivity contribution is 0.0633. The molecule has 2 aromatic rings. The van der Waals surface area contributed by atoms with Crippen LogP contribution in [0.4, 0.5) is 10.5 Å². The summed E-state index contributed by atoms with van der Waals surface area (Å²) in [6.07, 6.45) is -0.531. The summed E-state index contributed by atoms with van der Waals surface area (Å²) >= 11 is 0. The number of carboxylic acid groups (broad SMARTS) is 1. The van der Waals surface area contributed by atoms with Crippen molar-refractivity contribution in [2.75, 3.05) is 5.32 Å². The predicted molar refractivity (Wildman–Crippen MR) is 85.5 cm³/mol. The van der Waals surface area contributed by atoms with Gasteiger partial charge in [-0.3, -0.25) is 10.00 Å². The molecule has 7 nitrogen and oxygen atoms in total. The van der Waals surface area contributed by atoms with Gasteiger partial charge in [0.25, 0.3) is 0 Å². The van der Waals surface area contributed by atoms with Crippen LogP contribution in [-0.4, -0.2) is 32.6 Å². The molecule has 1 aromatic carbocycles. The molecule has 0 spiro atoms. The first kappa shape index (κ1) is 16.5. The molecule has 1 aromatic heterocycles. The van der Waals surface area contributed by atoms with E-state index in [1.807, 2.05) is 0 Å². The van der Waals surface area contributed by atoms with Crippen LogP contribution in [-0.2, 0) is 11.8 Å². The zero-order valence-corrected chi connectivity index (χ0v) is 13.5. The summed E-state index contributed by atoms with van der Waals surface area (Å²) < 4.78 is 6.48. The van der Waals surface area contributed by atoms with E-state index in [9.17, 15) is 9.59 Å². The first-order valence-corrected chi connectivity index (χ1v) is 7.03. The van der Waals surface area contributed by atoms with E-state index >= 15 is 0 Å². The van der Waals surface area contributed by atoms with Gasteiger partial charge in [0.1, 0.15) is 11.3 Å². The van der Waals surface area contributed by atoms with Crippen molar-refractivity contribution in [3.63, 3.8) is 0 Å². The van der Waals surface area contributed by atoms with Crippen molar-refractivity contribution in [2.24, 2.45) is 7.05 Å². The lowest BCUT2D eigenvalue weighted by atomic mass is 10.1. The third kappa shape index (κ3) is 4.32. The third-order valence-electron chi connectivity index (χ3n) is 2.92. The standard InChI is InChI=1S/C16H19N3O4/c1-16(2,3)23-15(22)17-11-7-5-10(6-8-11)12-9-13(14(20)21)19(4)18-12/h5-9H,1-4H3,(H,17,22)(H,20,21). The quantitative estimate of drug-likeness (QED) is 0.907. The number of aromatic nitrogens is 2. The van der Waals surface area contributed by atoms with Crippen molar-refractivity contribution in [3.8, 4) is 11.3 Å². The van der Waals surface area contributed by atoms with Gasteiger partial charge in [-0.05, 0) is 39.0 Å². The molecule has 0 aliphatic heterocycles. The van der Waals surface area contributed by atoms with Gasteiger partial charge in [0, 0.05) is 18.3 Å². The Labute approximate surface area is 133 Å². The molecule has 0 aliphatic carbocycles. The Hall–Kier alpha value is -2.83. The Morgan fingerprint density at radius 2 is 1.83 bits per heavy atom. The molecule has 122 valence electrons. The lowest BCUT2D eigenvalue weighted by Crippen LogP contribution is -2.27. The summed E-state index contributed by atoms with van der Waals surface area (Å²) in [7, 11) is 1.57. The largest absolute Gasteiger partial charge is 0.477 e. The van der Waals surface area contributed by atoms with Crippen LogP contribution in [0.2, 0.25) is 0 Å². The van der Waals surface area contributed by atoms with E-state index in [0.717, 1.165) is 5.56 Å². The highest BCUT2D eigenvalue weighted by Gasteiger charge is 2.16. The van der Waals surface area contributed by atoms with Gasteiger partial charge in [-0.1, -0.05) is 12.1 Å². The van der Waals surface area contributed by atoms with Gasteiger partial charge < -0.3 is 9.84 Å². The van der Waals surface area contributed by atoms with E-state index in [0.29, 0.717) is 11.4 Å². The normalized spacial score (nSPS) is 11.1. The molecular formula is C16H19N3O4. The van der Waals surface area contributed by atoms with Crippen LogP contribution >= 0.6 is 0 Å². The maximum atomic E-state index is 11.7. The molecule has 1 heterocycles. The third-order valence-corrected chi connectivity index (χ3v) is 2.92. The predicted octanol–water partition coefficient (Wildman–Crippen LogP) is 3.13. The molecular weight excluding hydrogens is 298 g/mol. The number of nitrogens with zero attached hydrogens (tertiary/aromatic N) is 2. The van der Waals surface area contributed by atoms with Gasteiger partial charge in [-0.15, -0.1) is 0 Å². The molecule has 1 amide bonds. The van der Waals surface area contributed by atoms with Crippen molar-refractivity contribution >= 4 is 17.7 Å². The highest BCUT2D eigenvalue weighted by molar-refractivity contribution is 5.88. The second-order valence-electron chi connectivity index (χ2n) is 6.05. The van der Waals surface area contributed by atoms with Gasteiger partial charge >= 0.3 is 12.1 Å². The molecule has 0 radical (unpaired) electrons. The minimum Gasteiger partial charge on any atom is -0.477 e. The van der Waals surface area contributed by atoms with Gasteiger partial charge in [0.2, 0.25) is 0 Å². The van der Waals surface area contributed by atoms with E-state index in [1.54, 1.807) is 52.1 Å². The van der Waals surface area contributed by atoms with E-state index in [-0.39, 0.29) is 5.69 Å². The molecule has 0 saturated carbocycles. The van der Waals surface area contributed by atoms with E-state index < -0.39 is 17.7 Å². The number of rotatable bonds is 3. The zero-order chi connectivity index (χ0) is 17.2. The molecule has 0 unspecified atom stereocenters. The number of hydrogen-bond donors (Lipinski definition) is 2. The number of nitrogens with one attached hydrogen (secondary N) is 1. The van der Waals surface area contributed by atoms with Crippen LogP contribution in [0.15, 0.2) is 30.3 Å². The number of aryl methyl sites for hydroxylation is 1. The van der Waals surface area contributed by atoms with E-state index in [1.165, 1.54) is 10.7 Å². The number of aromatic carboxylic acids is 1. The van der Waals surface area contributed by atoms with Crippen molar-refractivity contribution in [1.29, 1.82) is 0 Å². The summed E-state index contributed by atoms with van der Waals surface area (Å²) in [4.78, 5) is 22.7. The van der Waals surface area contributed by atoms with Crippen LogP contribution in [0.25, 0.3) is 11.3 Å². The fraction of sp³-hybridized carbons (Fsp3) is 0.312. The first-order chi connectivity index (χ1) is 10.7. The molecule has 0 saturated heterocycles. The van der Waals surface area contributed by atoms with Crippen molar-refractivity contribution < 1.29 is 19.4 Å². The van der Waals surface area contributed by atoms with Crippen molar-refractivity contribution in [3.05, 3.63) is 36.0 Å². The maximum absolute atomic E-state index is 11.7. The van der Waals surface area contributed by atoms with Crippen molar-refractivity contribution in [1.82, 2.24) is 9.78 Å². The Balaban J connectivity index is 2.12. The summed E-state index contributed by atoms with van der Waals surface area (Å²) in [6.45, 7) is 5.37. The monoisotopic (exact) mass is 317 g/mol. The van der Waals surface area contributed by atoms with Crippen LogP contribution in [0.3, 0.4) is 0 Å². The smallest absolute Gasteiger partial charge is 0.412 e. The number of carbonyl (C=O) groups excluding carboxylic acids is 1. The Morgan fingerprint density at radius 1 is 1.22 bits per heavy atom. The van der Waals surface area contributed by atoms with E-state index in [2.05, 4.69) is 10.4 Å². The average Bonchev–Trinajstić information content (AvgIpc) is 2.79. The number of carbonyl (C=O) groups is 2. The van der Waals surface area contributed by atoms with Crippen LogP contribution in [0, 0.1) is 0 Å². The number of benzene rings is 1. The van der Waals surface area contributed by atoms with Gasteiger partial charge in [0.05, 0.1) is 5.69 Å². The average molecular weight is 317 g/mol. The highest BCUT2D eigenvalue weighted by Crippen LogP contribution is 2.21. The van der Waals surface area contributed by atoms with E-state index in [4.69, 9.17) is 9.84 Å². The van der Waals surface area contributed by atoms with Crippen LogP contribution in [0.1, 0.15) is 31.3 Å². The van der Waals surface area contributed by atoms with Crippen molar-refractivity contribution in [2.45, 2.75) is 26.4 Å². The zero-order valence-electron chi connectivity index (χ0n) is 13.5. The van der Waals surface area contributed by atoms with Crippen LogP contribution < -0.4 is 5.32 Å². The molecule has 0 atom stereocenters. The molecule has 7 heteroatoms. The second kappa shape index (κ2) is 6.12. The molecule has 2 rings (SSSR count). The number of amides is 1.